The highest BCUT2D eigenvalue weighted by atomic mass is 16.1. The van der Waals surface area contributed by atoms with Gasteiger partial charge in [0.1, 0.15) is 5.78 Å². The minimum absolute atomic E-state index is 0.116. The molecule has 0 radical (unpaired) electrons. The van der Waals surface area contributed by atoms with E-state index in [-0.39, 0.29) is 5.78 Å². The van der Waals surface area contributed by atoms with Crippen LogP contribution in [0.4, 0.5) is 0 Å². The predicted octanol–water partition coefficient (Wildman–Crippen LogP) is 3.50. The van der Waals surface area contributed by atoms with Crippen molar-refractivity contribution >= 4 is 11.5 Å². The van der Waals surface area contributed by atoms with Gasteiger partial charge in [0.2, 0.25) is 0 Å². The van der Waals surface area contributed by atoms with E-state index < -0.39 is 0 Å². The molecule has 2 aromatic rings. The van der Waals surface area contributed by atoms with Gasteiger partial charge in [-0.3, -0.25) is 9.80 Å². The van der Waals surface area contributed by atoms with E-state index in [1.54, 1.807) is 6.92 Å². The molecular weight excluding hydrogens is 260 g/mol. The summed E-state index contributed by atoms with van der Waals surface area (Å²) in [5.74, 6) is 0.116. The number of ketones is 1. The first-order valence-corrected chi connectivity index (χ1v) is 7.02. The second-order valence-electron chi connectivity index (χ2n) is 5.09. The van der Waals surface area contributed by atoms with E-state index in [4.69, 9.17) is 0 Å². The van der Waals surface area contributed by atoms with E-state index in [9.17, 15) is 4.79 Å². The molecule has 0 fully saturated rings. The average molecular weight is 280 g/mol. The minimum atomic E-state index is 0.116. The van der Waals surface area contributed by atoms with Gasteiger partial charge in [0.05, 0.1) is 18.7 Å². The second kappa shape index (κ2) is 7.39. The quantitative estimate of drug-likeness (QED) is 0.599. The van der Waals surface area contributed by atoms with Crippen LogP contribution in [0.25, 0.3) is 0 Å². The molecule has 3 heteroatoms. The second-order valence-corrected chi connectivity index (χ2v) is 5.09. The van der Waals surface area contributed by atoms with Crippen molar-refractivity contribution in [3.05, 3.63) is 71.8 Å². The zero-order chi connectivity index (χ0) is 15.1. The maximum absolute atomic E-state index is 11.5. The lowest BCUT2D eigenvalue weighted by molar-refractivity contribution is -0.115. The van der Waals surface area contributed by atoms with Gasteiger partial charge >= 0.3 is 0 Å². The summed E-state index contributed by atoms with van der Waals surface area (Å²) in [6.07, 6.45) is 0.350. The number of benzene rings is 2. The van der Waals surface area contributed by atoms with Crippen LogP contribution in [-0.4, -0.2) is 23.6 Å². The summed E-state index contributed by atoms with van der Waals surface area (Å²) in [5.41, 5.74) is 2.99. The third-order valence-electron chi connectivity index (χ3n) is 3.07. The summed E-state index contributed by atoms with van der Waals surface area (Å²) in [4.78, 5) is 11.5. The molecule has 0 aliphatic rings. The van der Waals surface area contributed by atoms with Crippen LogP contribution in [0.1, 0.15) is 24.5 Å². The summed E-state index contributed by atoms with van der Waals surface area (Å²) in [5, 5.41) is 6.49. The highest BCUT2D eigenvalue weighted by Gasteiger charge is 2.08. The van der Waals surface area contributed by atoms with Crippen molar-refractivity contribution in [2.24, 2.45) is 5.10 Å². The maximum atomic E-state index is 11.5. The maximum Gasteiger partial charge on any atom is 0.135 e. The third-order valence-corrected chi connectivity index (χ3v) is 3.07. The van der Waals surface area contributed by atoms with Crippen molar-refractivity contribution < 1.29 is 4.79 Å². The van der Waals surface area contributed by atoms with Gasteiger partial charge in [0.15, 0.2) is 0 Å². The molecule has 21 heavy (non-hydrogen) atoms. The molecule has 0 amide bonds. The smallest absolute Gasteiger partial charge is 0.135 e. The Balaban J connectivity index is 2.17. The van der Waals surface area contributed by atoms with Crippen LogP contribution in [0.2, 0.25) is 0 Å². The molecule has 0 spiro atoms. The summed E-state index contributed by atoms with van der Waals surface area (Å²) >= 11 is 0. The Bertz CT molecular complexity index is 606. The number of hydrogen-bond donors (Lipinski definition) is 0. The molecule has 0 heterocycles. The van der Waals surface area contributed by atoms with Crippen LogP contribution < -0.4 is 0 Å². The molecule has 0 aromatic heterocycles. The van der Waals surface area contributed by atoms with E-state index >= 15 is 0 Å². The molecule has 108 valence electrons. The summed E-state index contributed by atoms with van der Waals surface area (Å²) < 4.78 is 0. The van der Waals surface area contributed by atoms with Gasteiger partial charge in [-0.25, -0.2) is 0 Å². The Labute approximate surface area is 125 Å². The fourth-order valence-corrected chi connectivity index (χ4v) is 2.15. The Morgan fingerprint density at radius 1 is 1.00 bits per heavy atom. The molecule has 0 N–H and O–H groups in total. The van der Waals surface area contributed by atoms with Crippen LogP contribution >= 0.6 is 0 Å². The fraction of sp³-hybridized carbons (Fsp3) is 0.222. The standard InChI is InChI=1S/C18H20N2O/c1-15(21)13-18(17-11-7-4-8-12-17)19-20(2)14-16-9-5-3-6-10-16/h3-12H,13-14H2,1-2H3/b19-18+. The van der Waals surface area contributed by atoms with E-state index in [0.29, 0.717) is 6.42 Å². The fourth-order valence-electron chi connectivity index (χ4n) is 2.15. The summed E-state index contributed by atoms with van der Waals surface area (Å²) in [6, 6.07) is 20.0. The number of nitrogens with zero attached hydrogens (tertiary/aromatic N) is 2. The molecule has 0 unspecified atom stereocenters. The lowest BCUT2D eigenvalue weighted by atomic mass is 10.1. The van der Waals surface area contributed by atoms with E-state index in [2.05, 4.69) is 17.2 Å². The molecule has 0 saturated heterocycles. The Hall–Kier alpha value is -2.42. The normalized spacial score (nSPS) is 11.2. The monoisotopic (exact) mass is 280 g/mol. The number of carbonyl (C=O) groups is 1. The molecule has 3 nitrogen and oxygen atoms in total. The van der Waals surface area contributed by atoms with Crippen LogP contribution in [0.5, 0.6) is 0 Å². The van der Waals surface area contributed by atoms with Gasteiger partial charge in [0, 0.05) is 7.05 Å². The molecule has 0 aliphatic heterocycles. The van der Waals surface area contributed by atoms with Crippen LogP contribution in [0, 0.1) is 0 Å². The predicted molar refractivity (Wildman–Crippen MR) is 86.2 cm³/mol. The van der Waals surface area contributed by atoms with Gasteiger partial charge in [-0.05, 0) is 18.1 Å². The number of hydrogen-bond acceptors (Lipinski definition) is 3. The van der Waals surface area contributed by atoms with Gasteiger partial charge in [0.25, 0.3) is 0 Å². The number of hydrazone groups is 1. The molecule has 2 aromatic carbocycles. The number of carbonyl (C=O) groups excluding carboxylic acids is 1. The van der Waals surface area contributed by atoms with Gasteiger partial charge in [-0.2, -0.15) is 5.10 Å². The van der Waals surface area contributed by atoms with Crippen molar-refractivity contribution in [3.63, 3.8) is 0 Å². The van der Waals surface area contributed by atoms with Crippen molar-refractivity contribution in [3.8, 4) is 0 Å². The molecule has 0 atom stereocenters. The Morgan fingerprint density at radius 3 is 2.14 bits per heavy atom. The van der Waals surface area contributed by atoms with Crippen molar-refractivity contribution in [1.82, 2.24) is 5.01 Å². The SMILES string of the molecule is CC(=O)C/C(=N\N(C)Cc1ccccc1)c1ccccc1. The summed E-state index contributed by atoms with van der Waals surface area (Å²) in [7, 11) is 1.93. The van der Waals surface area contributed by atoms with Gasteiger partial charge in [-0.15, -0.1) is 0 Å². The van der Waals surface area contributed by atoms with Crippen LogP contribution in [-0.2, 0) is 11.3 Å². The first kappa shape index (κ1) is 15.0. The largest absolute Gasteiger partial charge is 0.300 e. The molecule has 2 rings (SSSR count). The first-order chi connectivity index (χ1) is 10.1. The summed E-state index contributed by atoms with van der Waals surface area (Å²) in [6.45, 7) is 2.31. The van der Waals surface area contributed by atoms with E-state index in [0.717, 1.165) is 17.8 Å². The average Bonchev–Trinajstić information content (AvgIpc) is 2.48. The number of Topliss-reactive ketones (excluding diaryl/α,β-unsaturated/α-hetero) is 1. The van der Waals surface area contributed by atoms with Crippen LogP contribution in [0.15, 0.2) is 65.8 Å². The van der Waals surface area contributed by atoms with Gasteiger partial charge in [-0.1, -0.05) is 60.7 Å². The topological polar surface area (TPSA) is 32.7 Å². The zero-order valence-electron chi connectivity index (χ0n) is 12.5. The number of rotatable bonds is 6. The van der Waals surface area contributed by atoms with Crippen LogP contribution in [0.3, 0.4) is 0 Å². The first-order valence-electron chi connectivity index (χ1n) is 7.02. The highest BCUT2D eigenvalue weighted by Crippen LogP contribution is 2.09. The van der Waals surface area contributed by atoms with Gasteiger partial charge < -0.3 is 0 Å². The minimum Gasteiger partial charge on any atom is -0.300 e. The van der Waals surface area contributed by atoms with Crippen molar-refractivity contribution in [1.29, 1.82) is 0 Å². The third kappa shape index (κ3) is 4.88. The Morgan fingerprint density at radius 2 is 1.57 bits per heavy atom. The lowest BCUT2D eigenvalue weighted by Gasteiger charge is -2.16. The highest BCUT2D eigenvalue weighted by molar-refractivity contribution is 6.10. The van der Waals surface area contributed by atoms with Crippen molar-refractivity contribution in [2.45, 2.75) is 19.9 Å². The van der Waals surface area contributed by atoms with Crippen molar-refractivity contribution in [2.75, 3.05) is 7.05 Å². The lowest BCUT2D eigenvalue weighted by Crippen LogP contribution is -2.16. The Kier molecular flexibility index (Phi) is 5.27. The molecule has 0 bridgehead atoms. The zero-order valence-corrected chi connectivity index (χ0v) is 12.5. The van der Waals surface area contributed by atoms with E-state index in [1.807, 2.05) is 60.6 Å². The molecule has 0 saturated carbocycles. The van der Waals surface area contributed by atoms with E-state index in [1.165, 1.54) is 5.56 Å². The molecule has 0 aliphatic carbocycles. The molecular formula is C18H20N2O.